The number of amides is 2. The Morgan fingerprint density at radius 2 is 1.88 bits per heavy atom. The molecule has 0 saturated heterocycles. The van der Waals surface area contributed by atoms with E-state index >= 15 is 0 Å². The molecule has 0 radical (unpaired) electrons. The van der Waals surface area contributed by atoms with Crippen molar-refractivity contribution in [3.8, 4) is 5.75 Å². The van der Waals surface area contributed by atoms with Gasteiger partial charge in [-0.25, -0.2) is 0 Å². The predicted octanol–water partition coefficient (Wildman–Crippen LogP) is 3.53. The quantitative estimate of drug-likeness (QED) is 0.781. The van der Waals surface area contributed by atoms with Crippen LogP contribution in [0, 0.1) is 11.8 Å². The Morgan fingerprint density at radius 1 is 1.19 bits per heavy atom. The average Bonchev–Trinajstić information content (AvgIpc) is 2.61. The first-order chi connectivity index (χ1) is 12.4. The molecule has 1 aromatic carbocycles. The summed E-state index contributed by atoms with van der Waals surface area (Å²) in [6.45, 7) is 8.44. The Morgan fingerprint density at radius 3 is 2.54 bits per heavy atom. The lowest BCUT2D eigenvalue weighted by molar-refractivity contribution is -0.125. The van der Waals surface area contributed by atoms with Gasteiger partial charge in [0.1, 0.15) is 11.8 Å². The Labute approximate surface area is 156 Å². The van der Waals surface area contributed by atoms with Crippen LogP contribution in [-0.2, 0) is 4.79 Å². The molecule has 2 amide bonds. The van der Waals surface area contributed by atoms with E-state index in [2.05, 4.69) is 17.6 Å². The zero-order valence-electron chi connectivity index (χ0n) is 16.4. The molecule has 1 saturated carbocycles. The van der Waals surface area contributed by atoms with E-state index in [1.807, 2.05) is 26.8 Å². The highest BCUT2D eigenvalue weighted by Crippen LogP contribution is 2.24. The van der Waals surface area contributed by atoms with Gasteiger partial charge in [-0.05, 0) is 43.7 Å². The third kappa shape index (κ3) is 5.23. The van der Waals surface area contributed by atoms with Crippen molar-refractivity contribution in [2.45, 2.75) is 65.5 Å². The first-order valence-electron chi connectivity index (χ1n) is 9.77. The van der Waals surface area contributed by atoms with Crippen LogP contribution in [0.15, 0.2) is 24.3 Å². The van der Waals surface area contributed by atoms with Crippen LogP contribution in [0.2, 0.25) is 0 Å². The van der Waals surface area contributed by atoms with Gasteiger partial charge in [-0.3, -0.25) is 9.59 Å². The zero-order chi connectivity index (χ0) is 19.1. The van der Waals surface area contributed by atoms with Gasteiger partial charge in [-0.15, -0.1) is 0 Å². The second-order valence-corrected chi connectivity index (χ2v) is 7.50. The number of carbonyl (C=O) groups excluding carboxylic acids is 2. The summed E-state index contributed by atoms with van der Waals surface area (Å²) in [5, 5.41) is 6.07. The minimum absolute atomic E-state index is 0.00268. The number of carbonyl (C=O) groups is 2. The SMILES string of the molecule is CCOc1ccccc1C(=O)NC(C(=O)NC1CCCCC1C)C(C)C. The molecular weight excluding hydrogens is 328 g/mol. The molecule has 5 heteroatoms. The lowest BCUT2D eigenvalue weighted by Crippen LogP contribution is -2.53. The zero-order valence-corrected chi connectivity index (χ0v) is 16.4. The van der Waals surface area contributed by atoms with Crippen molar-refractivity contribution in [2.75, 3.05) is 6.61 Å². The summed E-state index contributed by atoms with van der Waals surface area (Å²) in [5.41, 5.74) is 0.457. The Hall–Kier alpha value is -2.04. The van der Waals surface area contributed by atoms with E-state index in [4.69, 9.17) is 4.74 Å². The molecule has 1 aromatic rings. The smallest absolute Gasteiger partial charge is 0.255 e. The number of para-hydroxylation sites is 1. The van der Waals surface area contributed by atoms with Crippen molar-refractivity contribution >= 4 is 11.8 Å². The highest BCUT2D eigenvalue weighted by molar-refractivity contribution is 5.99. The fourth-order valence-electron chi connectivity index (χ4n) is 3.49. The summed E-state index contributed by atoms with van der Waals surface area (Å²) in [6, 6.07) is 6.76. The van der Waals surface area contributed by atoms with E-state index in [0.29, 0.717) is 23.8 Å². The normalized spacial score (nSPS) is 21.1. The molecule has 0 spiro atoms. The summed E-state index contributed by atoms with van der Waals surface area (Å²) >= 11 is 0. The number of ether oxygens (including phenoxy) is 1. The molecule has 144 valence electrons. The molecule has 1 aliphatic carbocycles. The van der Waals surface area contributed by atoms with Crippen LogP contribution in [0.25, 0.3) is 0 Å². The topological polar surface area (TPSA) is 67.4 Å². The molecule has 5 nitrogen and oxygen atoms in total. The molecule has 2 rings (SSSR count). The standard InChI is InChI=1S/C21H32N2O3/c1-5-26-18-13-9-7-11-16(18)20(24)23-19(14(2)3)21(25)22-17-12-8-6-10-15(17)4/h7,9,11,13-15,17,19H,5-6,8,10,12H2,1-4H3,(H,22,25)(H,23,24). The summed E-state index contributed by atoms with van der Waals surface area (Å²) < 4.78 is 5.53. The van der Waals surface area contributed by atoms with Crippen LogP contribution < -0.4 is 15.4 Å². The average molecular weight is 360 g/mol. The highest BCUT2D eigenvalue weighted by Gasteiger charge is 2.29. The van der Waals surface area contributed by atoms with E-state index in [9.17, 15) is 9.59 Å². The molecule has 3 unspecified atom stereocenters. The van der Waals surface area contributed by atoms with Crippen molar-refractivity contribution in [3.63, 3.8) is 0 Å². The third-order valence-electron chi connectivity index (χ3n) is 5.11. The molecule has 0 aromatic heterocycles. The van der Waals surface area contributed by atoms with E-state index in [1.54, 1.807) is 18.2 Å². The van der Waals surface area contributed by atoms with Crippen molar-refractivity contribution in [3.05, 3.63) is 29.8 Å². The largest absolute Gasteiger partial charge is 0.493 e. The van der Waals surface area contributed by atoms with Gasteiger partial charge in [0, 0.05) is 6.04 Å². The van der Waals surface area contributed by atoms with Crippen LogP contribution in [0.4, 0.5) is 0 Å². The first kappa shape index (κ1) is 20.3. The molecule has 0 bridgehead atoms. The predicted molar refractivity (Wildman–Crippen MR) is 103 cm³/mol. The van der Waals surface area contributed by atoms with Crippen LogP contribution >= 0.6 is 0 Å². The lowest BCUT2D eigenvalue weighted by atomic mass is 9.85. The Balaban J connectivity index is 2.07. The number of nitrogens with one attached hydrogen (secondary N) is 2. The third-order valence-corrected chi connectivity index (χ3v) is 5.11. The van der Waals surface area contributed by atoms with Gasteiger partial charge >= 0.3 is 0 Å². The fraction of sp³-hybridized carbons (Fsp3) is 0.619. The summed E-state index contributed by atoms with van der Waals surface area (Å²) in [5.74, 6) is 0.642. The van der Waals surface area contributed by atoms with Crippen molar-refractivity contribution < 1.29 is 14.3 Å². The van der Waals surface area contributed by atoms with Gasteiger partial charge in [0.2, 0.25) is 5.91 Å². The number of hydrogen-bond donors (Lipinski definition) is 2. The summed E-state index contributed by atoms with van der Waals surface area (Å²) in [7, 11) is 0. The Kier molecular flexibility index (Phi) is 7.49. The summed E-state index contributed by atoms with van der Waals surface area (Å²) in [4.78, 5) is 25.6. The summed E-state index contributed by atoms with van der Waals surface area (Å²) in [6.07, 6.45) is 4.53. The molecular formula is C21H32N2O3. The van der Waals surface area contributed by atoms with Gasteiger partial charge in [0.25, 0.3) is 5.91 Å². The number of hydrogen-bond acceptors (Lipinski definition) is 3. The number of benzene rings is 1. The molecule has 0 heterocycles. The van der Waals surface area contributed by atoms with Gasteiger partial charge in [-0.1, -0.05) is 45.7 Å². The van der Waals surface area contributed by atoms with Gasteiger partial charge in [-0.2, -0.15) is 0 Å². The van der Waals surface area contributed by atoms with Crippen LogP contribution in [0.1, 0.15) is 63.7 Å². The van der Waals surface area contributed by atoms with Gasteiger partial charge < -0.3 is 15.4 Å². The van der Waals surface area contributed by atoms with Crippen LogP contribution in [0.5, 0.6) is 5.75 Å². The van der Waals surface area contributed by atoms with E-state index in [0.717, 1.165) is 19.3 Å². The van der Waals surface area contributed by atoms with E-state index in [-0.39, 0.29) is 23.8 Å². The van der Waals surface area contributed by atoms with Crippen LogP contribution in [-0.4, -0.2) is 30.5 Å². The lowest BCUT2D eigenvalue weighted by Gasteiger charge is -2.32. The van der Waals surface area contributed by atoms with Crippen molar-refractivity contribution in [1.82, 2.24) is 10.6 Å². The van der Waals surface area contributed by atoms with Crippen molar-refractivity contribution in [1.29, 1.82) is 0 Å². The Bertz CT molecular complexity index is 615. The maximum absolute atomic E-state index is 12.8. The minimum Gasteiger partial charge on any atom is -0.493 e. The van der Waals surface area contributed by atoms with Crippen LogP contribution in [0.3, 0.4) is 0 Å². The van der Waals surface area contributed by atoms with E-state index < -0.39 is 6.04 Å². The van der Waals surface area contributed by atoms with E-state index in [1.165, 1.54) is 6.42 Å². The minimum atomic E-state index is -0.564. The maximum atomic E-state index is 12.8. The van der Waals surface area contributed by atoms with Gasteiger partial charge in [0.15, 0.2) is 0 Å². The first-order valence-corrected chi connectivity index (χ1v) is 9.77. The van der Waals surface area contributed by atoms with Gasteiger partial charge in [0.05, 0.1) is 12.2 Å². The molecule has 1 aliphatic rings. The highest BCUT2D eigenvalue weighted by atomic mass is 16.5. The number of rotatable bonds is 7. The molecule has 0 aliphatic heterocycles. The maximum Gasteiger partial charge on any atom is 0.255 e. The molecule has 2 N–H and O–H groups in total. The molecule has 26 heavy (non-hydrogen) atoms. The fourth-order valence-corrected chi connectivity index (χ4v) is 3.49. The molecule has 3 atom stereocenters. The second-order valence-electron chi connectivity index (χ2n) is 7.50. The second kappa shape index (κ2) is 9.60. The monoisotopic (exact) mass is 360 g/mol. The molecule has 1 fully saturated rings. The van der Waals surface area contributed by atoms with Crippen molar-refractivity contribution in [2.24, 2.45) is 11.8 Å².